The molecule has 1 amide bonds. The van der Waals surface area contributed by atoms with Gasteiger partial charge in [-0.25, -0.2) is 9.97 Å². The van der Waals surface area contributed by atoms with Gasteiger partial charge in [0.1, 0.15) is 5.82 Å². The smallest absolute Gasteiger partial charge is 0.272 e. The highest BCUT2D eigenvalue weighted by Crippen LogP contribution is 2.13. The van der Waals surface area contributed by atoms with Crippen LogP contribution in [-0.2, 0) is 10.8 Å². The van der Waals surface area contributed by atoms with Gasteiger partial charge in [0.05, 0.1) is 11.9 Å². The minimum absolute atomic E-state index is 0.0456. The lowest BCUT2D eigenvalue weighted by atomic mass is 10.2. The molecule has 0 saturated carbocycles. The van der Waals surface area contributed by atoms with Crippen LogP contribution in [0, 0.1) is 0 Å². The van der Waals surface area contributed by atoms with E-state index in [4.69, 9.17) is 5.73 Å². The van der Waals surface area contributed by atoms with E-state index in [1.807, 2.05) is 20.8 Å². The molecule has 1 aromatic rings. The molecule has 1 heterocycles. The first-order valence-corrected chi connectivity index (χ1v) is 8.17. The molecule has 0 spiro atoms. The van der Waals surface area contributed by atoms with Gasteiger partial charge in [0, 0.05) is 34.8 Å². The Bertz CT molecular complexity index is 505. The van der Waals surface area contributed by atoms with Crippen molar-refractivity contribution < 1.29 is 9.00 Å². The van der Waals surface area contributed by atoms with Crippen molar-refractivity contribution in [2.75, 3.05) is 18.5 Å². The zero-order valence-electron chi connectivity index (χ0n) is 12.3. The van der Waals surface area contributed by atoms with Gasteiger partial charge in [-0.1, -0.05) is 20.8 Å². The summed E-state index contributed by atoms with van der Waals surface area (Å²) >= 11 is 0. The van der Waals surface area contributed by atoms with Crippen LogP contribution in [0.25, 0.3) is 0 Å². The maximum absolute atomic E-state index is 12.0. The monoisotopic (exact) mass is 298 g/mol. The molecule has 2 atom stereocenters. The fourth-order valence-corrected chi connectivity index (χ4v) is 1.95. The summed E-state index contributed by atoms with van der Waals surface area (Å²) in [6.45, 7) is 6.23. The van der Waals surface area contributed by atoms with Crippen LogP contribution in [0.3, 0.4) is 0 Å². The normalized spacial score (nSPS) is 14.1. The highest BCUT2D eigenvalue weighted by atomic mass is 32.2. The average Bonchev–Trinajstić information content (AvgIpc) is 2.38. The molecule has 1 rings (SSSR count). The molecule has 7 heteroatoms. The lowest BCUT2D eigenvalue weighted by Crippen LogP contribution is -2.29. The van der Waals surface area contributed by atoms with Crippen molar-refractivity contribution in [2.24, 2.45) is 0 Å². The summed E-state index contributed by atoms with van der Waals surface area (Å²) in [6, 6.07) is 0. The van der Waals surface area contributed by atoms with Crippen molar-refractivity contribution in [1.29, 1.82) is 0 Å². The van der Waals surface area contributed by atoms with E-state index in [1.54, 1.807) is 6.26 Å². The number of aromatic nitrogens is 2. The van der Waals surface area contributed by atoms with Gasteiger partial charge in [0.25, 0.3) is 5.91 Å². The Morgan fingerprint density at radius 3 is 2.65 bits per heavy atom. The van der Waals surface area contributed by atoms with Crippen molar-refractivity contribution in [3.63, 3.8) is 0 Å². The van der Waals surface area contributed by atoms with Gasteiger partial charge in [-0.2, -0.15) is 0 Å². The standard InChI is InChI=1S/C13H22N4O2S/c1-8(2)12-16-7-10(14)11(17-12)13(18)15-6-5-9(3)20(4)19/h7-9H,5-6,14H2,1-4H3,(H,15,18). The van der Waals surface area contributed by atoms with E-state index in [0.717, 1.165) is 0 Å². The topological polar surface area (TPSA) is 98.0 Å². The number of carbonyl (C=O) groups is 1. The molecule has 0 bridgehead atoms. The first-order chi connectivity index (χ1) is 9.32. The van der Waals surface area contributed by atoms with Crippen molar-refractivity contribution in [1.82, 2.24) is 15.3 Å². The van der Waals surface area contributed by atoms with Gasteiger partial charge in [-0.15, -0.1) is 0 Å². The quantitative estimate of drug-likeness (QED) is 0.818. The van der Waals surface area contributed by atoms with Crippen molar-refractivity contribution in [2.45, 2.75) is 38.4 Å². The van der Waals surface area contributed by atoms with Crippen LogP contribution in [0.5, 0.6) is 0 Å². The summed E-state index contributed by atoms with van der Waals surface area (Å²) < 4.78 is 11.2. The molecule has 0 aromatic carbocycles. The van der Waals surface area contributed by atoms with Gasteiger partial charge in [0.15, 0.2) is 5.69 Å². The van der Waals surface area contributed by atoms with Crippen LogP contribution in [0.1, 0.15) is 49.4 Å². The predicted molar refractivity (Wildman–Crippen MR) is 81.0 cm³/mol. The van der Waals surface area contributed by atoms with E-state index in [9.17, 15) is 9.00 Å². The van der Waals surface area contributed by atoms with Crippen molar-refractivity contribution >= 4 is 22.4 Å². The molecule has 3 N–H and O–H groups in total. The minimum atomic E-state index is -0.885. The molecule has 0 fully saturated rings. The summed E-state index contributed by atoms with van der Waals surface area (Å²) in [7, 11) is -0.885. The zero-order valence-corrected chi connectivity index (χ0v) is 13.2. The largest absolute Gasteiger partial charge is 0.396 e. The molecular formula is C13H22N4O2S. The third-order valence-corrected chi connectivity index (χ3v) is 4.34. The summed E-state index contributed by atoms with van der Waals surface area (Å²) in [5.41, 5.74) is 6.20. The highest BCUT2D eigenvalue weighted by molar-refractivity contribution is 7.84. The number of hydrogen-bond donors (Lipinski definition) is 2. The van der Waals surface area contributed by atoms with Crippen LogP contribution >= 0.6 is 0 Å². The molecule has 2 unspecified atom stereocenters. The Morgan fingerprint density at radius 2 is 2.10 bits per heavy atom. The fourth-order valence-electron chi connectivity index (χ4n) is 1.50. The average molecular weight is 298 g/mol. The Balaban J connectivity index is 2.68. The number of carbonyl (C=O) groups excluding carboxylic acids is 1. The zero-order chi connectivity index (χ0) is 15.3. The Morgan fingerprint density at radius 1 is 1.45 bits per heavy atom. The van der Waals surface area contributed by atoms with Crippen LogP contribution in [0.4, 0.5) is 5.69 Å². The molecule has 20 heavy (non-hydrogen) atoms. The Hall–Kier alpha value is -1.50. The molecule has 0 aliphatic heterocycles. The van der Waals surface area contributed by atoms with E-state index in [0.29, 0.717) is 18.8 Å². The number of hydrogen-bond acceptors (Lipinski definition) is 5. The van der Waals surface area contributed by atoms with Crippen LogP contribution in [-0.4, -0.2) is 38.1 Å². The third kappa shape index (κ3) is 4.56. The SMILES string of the molecule is CC(C)c1ncc(N)c(C(=O)NCCC(C)S(C)=O)n1. The molecule has 6 nitrogen and oxygen atoms in total. The number of nitrogens with zero attached hydrogens (tertiary/aromatic N) is 2. The van der Waals surface area contributed by atoms with Crippen LogP contribution < -0.4 is 11.1 Å². The van der Waals surface area contributed by atoms with Crippen molar-refractivity contribution in [3.8, 4) is 0 Å². The predicted octanol–water partition coefficient (Wildman–Crippen LogP) is 1.07. The summed E-state index contributed by atoms with van der Waals surface area (Å²) in [6.07, 6.45) is 3.77. The number of nitrogens with two attached hydrogens (primary N) is 1. The fraction of sp³-hybridized carbons (Fsp3) is 0.615. The molecular weight excluding hydrogens is 276 g/mol. The van der Waals surface area contributed by atoms with Gasteiger partial charge >= 0.3 is 0 Å². The number of nitrogen functional groups attached to an aromatic ring is 1. The summed E-state index contributed by atoms with van der Waals surface area (Å²) in [4.78, 5) is 20.3. The van der Waals surface area contributed by atoms with E-state index in [-0.39, 0.29) is 28.5 Å². The van der Waals surface area contributed by atoms with E-state index in [1.165, 1.54) is 6.20 Å². The number of amides is 1. The molecule has 0 saturated heterocycles. The number of rotatable bonds is 6. The molecule has 0 radical (unpaired) electrons. The highest BCUT2D eigenvalue weighted by Gasteiger charge is 2.15. The first-order valence-electron chi connectivity index (χ1n) is 6.55. The number of anilines is 1. The number of nitrogens with one attached hydrogen (secondary N) is 1. The van der Waals surface area contributed by atoms with Crippen LogP contribution in [0.2, 0.25) is 0 Å². The van der Waals surface area contributed by atoms with Gasteiger partial charge in [-0.3, -0.25) is 9.00 Å². The second-order valence-electron chi connectivity index (χ2n) is 5.04. The van der Waals surface area contributed by atoms with E-state index >= 15 is 0 Å². The molecule has 0 aliphatic rings. The Kier molecular flexibility index (Phi) is 6.06. The van der Waals surface area contributed by atoms with Gasteiger partial charge < -0.3 is 11.1 Å². The third-order valence-electron chi connectivity index (χ3n) is 2.97. The van der Waals surface area contributed by atoms with Gasteiger partial charge in [0.2, 0.25) is 0 Å². The maximum atomic E-state index is 12.0. The maximum Gasteiger partial charge on any atom is 0.272 e. The van der Waals surface area contributed by atoms with E-state index < -0.39 is 10.8 Å². The summed E-state index contributed by atoms with van der Waals surface area (Å²) in [5, 5.41) is 2.79. The first kappa shape index (κ1) is 16.6. The molecule has 1 aromatic heterocycles. The second-order valence-corrected chi connectivity index (χ2v) is 6.84. The minimum Gasteiger partial charge on any atom is -0.396 e. The van der Waals surface area contributed by atoms with E-state index in [2.05, 4.69) is 15.3 Å². The molecule has 0 aliphatic carbocycles. The van der Waals surface area contributed by atoms with Crippen LogP contribution in [0.15, 0.2) is 6.20 Å². The molecule has 112 valence electrons. The van der Waals surface area contributed by atoms with Gasteiger partial charge in [-0.05, 0) is 6.42 Å². The summed E-state index contributed by atoms with van der Waals surface area (Å²) in [5.74, 6) is 0.401. The lowest BCUT2D eigenvalue weighted by Gasteiger charge is -2.11. The lowest BCUT2D eigenvalue weighted by molar-refractivity contribution is 0.0948. The van der Waals surface area contributed by atoms with Crippen molar-refractivity contribution in [3.05, 3.63) is 17.7 Å². The Labute approximate surface area is 122 Å². The second kappa shape index (κ2) is 7.33.